The van der Waals surface area contributed by atoms with E-state index in [1.54, 1.807) is 12.2 Å². The van der Waals surface area contributed by atoms with E-state index in [9.17, 15) is 9.59 Å². The first kappa shape index (κ1) is 20.8. The Labute approximate surface area is 173 Å². The third kappa shape index (κ3) is 4.58. The number of nitrogens with zero attached hydrogens (tertiary/aromatic N) is 1. The van der Waals surface area contributed by atoms with Crippen molar-refractivity contribution in [3.05, 3.63) is 83.4 Å². The number of carbonyl (C=O) groups excluding carboxylic acids is 2. The van der Waals surface area contributed by atoms with Gasteiger partial charge in [0.15, 0.2) is 0 Å². The lowest BCUT2D eigenvalue weighted by Crippen LogP contribution is -2.52. The van der Waals surface area contributed by atoms with E-state index in [0.29, 0.717) is 32.5 Å². The van der Waals surface area contributed by atoms with Crippen LogP contribution in [-0.2, 0) is 28.0 Å². The fourth-order valence-electron chi connectivity index (χ4n) is 4.18. The molecule has 1 heterocycles. The SMILES string of the molecule is C/C=C/C(=O)N1CCC(C(=O)NCc2ccccc2CC)(c2ccccc2)CC1. The molecular formula is C25H30N2O2. The number of allylic oxidation sites excluding steroid dienone is 1. The molecule has 4 nitrogen and oxygen atoms in total. The molecule has 0 bridgehead atoms. The number of carbonyl (C=O) groups is 2. The summed E-state index contributed by atoms with van der Waals surface area (Å²) in [4.78, 5) is 27.5. The number of benzene rings is 2. The molecule has 152 valence electrons. The van der Waals surface area contributed by atoms with E-state index in [1.165, 1.54) is 5.56 Å². The zero-order chi connectivity index (χ0) is 20.7. The summed E-state index contributed by atoms with van der Waals surface area (Å²) in [6.07, 6.45) is 5.55. The van der Waals surface area contributed by atoms with Crippen molar-refractivity contribution in [2.45, 2.75) is 45.1 Å². The molecule has 0 spiro atoms. The van der Waals surface area contributed by atoms with Crippen molar-refractivity contribution < 1.29 is 9.59 Å². The topological polar surface area (TPSA) is 49.4 Å². The molecule has 0 unspecified atom stereocenters. The summed E-state index contributed by atoms with van der Waals surface area (Å²) in [5, 5.41) is 3.20. The first-order valence-electron chi connectivity index (χ1n) is 10.4. The van der Waals surface area contributed by atoms with E-state index in [2.05, 4.69) is 24.4 Å². The average Bonchev–Trinajstić information content (AvgIpc) is 2.78. The number of rotatable bonds is 6. The lowest BCUT2D eigenvalue weighted by molar-refractivity contribution is -0.134. The van der Waals surface area contributed by atoms with Gasteiger partial charge in [0.05, 0.1) is 5.41 Å². The van der Waals surface area contributed by atoms with Crippen LogP contribution >= 0.6 is 0 Å². The second kappa shape index (κ2) is 9.55. The monoisotopic (exact) mass is 390 g/mol. The van der Waals surface area contributed by atoms with E-state index >= 15 is 0 Å². The third-order valence-corrected chi connectivity index (χ3v) is 5.94. The normalized spacial score (nSPS) is 16.0. The summed E-state index contributed by atoms with van der Waals surface area (Å²) in [6, 6.07) is 18.2. The van der Waals surface area contributed by atoms with Crippen LogP contribution in [0.3, 0.4) is 0 Å². The van der Waals surface area contributed by atoms with Gasteiger partial charge < -0.3 is 10.2 Å². The van der Waals surface area contributed by atoms with Gasteiger partial charge in [-0.25, -0.2) is 0 Å². The van der Waals surface area contributed by atoms with Crippen LogP contribution in [0.15, 0.2) is 66.7 Å². The Bertz CT molecular complexity index is 865. The number of aryl methyl sites for hydroxylation is 1. The number of amides is 2. The molecule has 2 aromatic carbocycles. The molecule has 1 aliphatic heterocycles. The lowest BCUT2D eigenvalue weighted by Gasteiger charge is -2.41. The van der Waals surface area contributed by atoms with Crippen LogP contribution in [0.1, 0.15) is 43.4 Å². The van der Waals surface area contributed by atoms with E-state index in [-0.39, 0.29) is 11.8 Å². The van der Waals surface area contributed by atoms with Crippen molar-refractivity contribution >= 4 is 11.8 Å². The molecule has 2 amide bonds. The second-order valence-corrected chi connectivity index (χ2v) is 7.58. The van der Waals surface area contributed by atoms with Crippen LogP contribution in [0.2, 0.25) is 0 Å². The Morgan fingerprint density at radius 1 is 1.00 bits per heavy atom. The van der Waals surface area contributed by atoms with Gasteiger partial charge in [-0.15, -0.1) is 0 Å². The number of likely N-dealkylation sites (tertiary alicyclic amines) is 1. The summed E-state index contributed by atoms with van der Waals surface area (Å²) < 4.78 is 0. The molecule has 3 rings (SSSR count). The molecule has 2 aromatic rings. The van der Waals surface area contributed by atoms with Crippen LogP contribution in [0.25, 0.3) is 0 Å². The Balaban J connectivity index is 1.80. The fraction of sp³-hybridized carbons (Fsp3) is 0.360. The van der Waals surface area contributed by atoms with E-state index in [4.69, 9.17) is 0 Å². The maximum absolute atomic E-state index is 13.5. The number of nitrogens with one attached hydrogen (secondary N) is 1. The van der Waals surface area contributed by atoms with Crippen molar-refractivity contribution in [1.82, 2.24) is 10.2 Å². The molecule has 1 aliphatic rings. The number of piperidine rings is 1. The molecule has 1 N–H and O–H groups in total. The van der Waals surface area contributed by atoms with Crippen LogP contribution in [0.5, 0.6) is 0 Å². The van der Waals surface area contributed by atoms with Crippen molar-refractivity contribution in [2.24, 2.45) is 0 Å². The van der Waals surface area contributed by atoms with Crippen molar-refractivity contribution in [2.75, 3.05) is 13.1 Å². The van der Waals surface area contributed by atoms with Crippen LogP contribution in [0.4, 0.5) is 0 Å². The Morgan fingerprint density at radius 2 is 1.62 bits per heavy atom. The highest BCUT2D eigenvalue weighted by molar-refractivity contribution is 5.90. The minimum absolute atomic E-state index is 0.0199. The van der Waals surface area contributed by atoms with Gasteiger partial charge in [-0.1, -0.05) is 67.6 Å². The first-order valence-corrected chi connectivity index (χ1v) is 10.4. The highest BCUT2D eigenvalue weighted by Gasteiger charge is 2.43. The van der Waals surface area contributed by atoms with Crippen molar-refractivity contribution in [3.63, 3.8) is 0 Å². The molecule has 0 atom stereocenters. The zero-order valence-electron chi connectivity index (χ0n) is 17.4. The molecule has 4 heteroatoms. The molecule has 1 fully saturated rings. The summed E-state index contributed by atoms with van der Waals surface area (Å²) in [5.74, 6) is 0.0687. The highest BCUT2D eigenvalue weighted by atomic mass is 16.2. The van der Waals surface area contributed by atoms with Gasteiger partial charge >= 0.3 is 0 Å². The number of hydrogen-bond donors (Lipinski definition) is 1. The maximum atomic E-state index is 13.5. The zero-order valence-corrected chi connectivity index (χ0v) is 17.4. The summed E-state index contributed by atoms with van der Waals surface area (Å²) in [5.41, 5.74) is 2.84. The third-order valence-electron chi connectivity index (χ3n) is 5.94. The van der Waals surface area contributed by atoms with Gasteiger partial charge in [0.2, 0.25) is 11.8 Å². The fourth-order valence-corrected chi connectivity index (χ4v) is 4.18. The largest absolute Gasteiger partial charge is 0.351 e. The van der Waals surface area contributed by atoms with Crippen LogP contribution in [-0.4, -0.2) is 29.8 Å². The van der Waals surface area contributed by atoms with E-state index < -0.39 is 5.41 Å². The molecule has 0 saturated carbocycles. The minimum Gasteiger partial charge on any atom is -0.351 e. The molecule has 0 aromatic heterocycles. The summed E-state index contributed by atoms with van der Waals surface area (Å²) >= 11 is 0. The van der Waals surface area contributed by atoms with Gasteiger partial charge in [-0.05, 0) is 49.0 Å². The van der Waals surface area contributed by atoms with Gasteiger partial charge in [-0.3, -0.25) is 9.59 Å². The molecular weight excluding hydrogens is 360 g/mol. The lowest BCUT2D eigenvalue weighted by atomic mass is 9.72. The summed E-state index contributed by atoms with van der Waals surface area (Å²) in [6.45, 7) is 5.66. The van der Waals surface area contributed by atoms with Gasteiger partial charge in [0.25, 0.3) is 0 Å². The Hall–Kier alpha value is -2.88. The smallest absolute Gasteiger partial charge is 0.246 e. The van der Waals surface area contributed by atoms with E-state index in [1.807, 2.05) is 54.3 Å². The van der Waals surface area contributed by atoms with E-state index in [0.717, 1.165) is 17.5 Å². The van der Waals surface area contributed by atoms with Crippen molar-refractivity contribution in [3.8, 4) is 0 Å². The molecule has 1 saturated heterocycles. The van der Waals surface area contributed by atoms with Gasteiger partial charge in [-0.2, -0.15) is 0 Å². The maximum Gasteiger partial charge on any atom is 0.246 e. The average molecular weight is 391 g/mol. The van der Waals surface area contributed by atoms with Crippen LogP contribution < -0.4 is 5.32 Å². The predicted octanol–water partition coefficient (Wildman–Crippen LogP) is 4.00. The standard InChI is InChI=1S/C25H30N2O2/c1-3-10-23(28)27-17-15-25(16-18-27,22-13-6-5-7-14-22)24(29)26-19-21-12-9-8-11-20(21)4-2/h3,5-14H,4,15-19H2,1-2H3,(H,26,29)/b10-3+. The summed E-state index contributed by atoms with van der Waals surface area (Å²) in [7, 11) is 0. The van der Waals surface area contributed by atoms with Crippen molar-refractivity contribution in [1.29, 1.82) is 0 Å². The Morgan fingerprint density at radius 3 is 2.24 bits per heavy atom. The predicted molar refractivity (Wildman–Crippen MR) is 116 cm³/mol. The minimum atomic E-state index is -0.602. The second-order valence-electron chi connectivity index (χ2n) is 7.58. The molecule has 0 radical (unpaired) electrons. The van der Waals surface area contributed by atoms with Crippen LogP contribution in [0, 0.1) is 0 Å². The van der Waals surface area contributed by atoms with Gasteiger partial charge in [0, 0.05) is 19.6 Å². The number of hydrogen-bond acceptors (Lipinski definition) is 2. The Kier molecular flexibility index (Phi) is 6.86. The first-order chi connectivity index (χ1) is 14.1. The molecule has 29 heavy (non-hydrogen) atoms. The molecule has 0 aliphatic carbocycles. The quantitative estimate of drug-likeness (QED) is 0.758. The highest BCUT2D eigenvalue weighted by Crippen LogP contribution is 2.36. The van der Waals surface area contributed by atoms with Gasteiger partial charge in [0.1, 0.15) is 0 Å².